The van der Waals surface area contributed by atoms with Gasteiger partial charge in [-0.05, 0) is 25.7 Å². The molecule has 1 aliphatic carbocycles. The molecule has 3 nitrogen and oxygen atoms in total. The summed E-state index contributed by atoms with van der Waals surface area (Å²) in [5, 5.41) is 0. The number of amides is 1. The molecule has 1 fully saturated rings. The van der Waals surface area contributed by atoms with Crippen molar-refractivity contribution in [2.45, 2.75) is 38.6 Å². The highest BCUT2D eigenvalue weighted by atomic mass is 16.1. The lowest BCUT2D eigenvalue weighted by atomic mass is 9.74. The van der Waals surface area contributed by atoms with Crippen LogP contribution in [0.1, 0.15) is 32.6 Å². The van der Waals surface area contributed by atoms with Crippen molar-refractivity contribution in [2.24, 2.45) is 16.9 Å². The van der Waals surface area contributed by atoms with E-state index in [-0.39, 0.29) is 17.4 Å². The molecule has 0 spiro atoms. The molecular weight excluding hydrogens is 140 g/mol. The number of primary amides is 1. The van der Waals surface area contributed by atoms with Gasteiger partial charge in [0, 0.05) is 11.5 Å². The van der Waals surface area contributed by atoms with E-state index < -0.39 is 0 Å². The van der Waals surface area contributed by atoms with Crippen molar-refractivity contribution < 1.29 is 4.79 Å². The van der Waals surface area contributed by atoms with Crippen molar-refractivity contribution in [3.8, 4) is 0 Å². The molecule has 0 saturated heterocycles. The van der Waals surface area contributed by atoms with Gasteiger partial charge in [-0.3, -0.25) is 4.79 Å². The number of carbonyl (C=O) groups excluding carboxylic acids is 1. The molecule has 0 unspecified atom stereocenters. The molecule has 0 heterocycles. The molecule has 0 radical (unpaired) electrons. The summed E-state index contributed by atoms with van der Waals surface area (Å²) in [6.07, 6.45) is 3.56. The van der Waals surface area contributed by atoms with E-state index in [1.54, 1.807) is 0 Å². The van der Waals surface area contributed by atoms with Crippen LogP contribution in [-0.4, -0.2) is 11.9 Å². The summed E-state index contributed by atoms with van der Waals surface area (Å²) in [6, 6.07) is 0.280. The Morgan fingerprint density at radius 2 is 1.91 bits per heavy atom. The highest BCUT2D eigenvalue weighted by Crippen LogP contribution is 2.34. The van der Waals surface area contributed by atoms with Crippen LogP contribution in [0.2, 0.25) is 0 Å². The third-order valence-electron chi connectivity index (χ3n) is 2.73. The van der Waals surface area contributed by atoms with Crippen LogP contribution >= 0.6 is 0 Å². The lowest BCUT2D eigenvalue weighted by Gasteiger charge is -2.33. The molecule has 0 atom stereocenters. The first kappa shape index (κ1) is 8.53. The van der Waals surface area contributed by atoms with Gasteiger partial charge in [0.15, 0.2) is 0 Å². The topological polar surface area (TPSA) is 69.1 Å². The van der Waals surface area contributed by atoms with E-state index in [4.69, 9.17) is 11.5 Å². The second-order valence-corrected chi connectivity index (χ2v) is 3.76. The normalized spacial score (nSPS) is 38.5. The minimum Gasteiger partial charge on any atom is -0.369 e. The number of nitrogens with two attached hydrogens (primary N) is 2. The maximum absolute atomic E-state index is 11.0. The van der Waals surface area contributed by atoms with Gasteiger partial charge < -0.3 is 11.5 Å². The van der Waals surface area contributed by atoms with Crippen molar-refractivity contribution in [1.29, 1.82) is 0 Å². The van der Waals surface area contributed by atoms with Gasteiger partial charge >= 0.3 is 0 Å². The Kier molecular flexibility index (Phi) is 2.18. The van der Waals surface area contributed by atoms with Gasteiger partial charge in [-0.1, -0.05) is 6.92 Å². The third kappa shape index (κ3) is 1.71. The first-order valence-corrected chi connectivity index (χ1v) is 4.10. The van der Waals surface area contributed by atoms with Gasteiger partial charge in [0.25, 0.3) is 0 Å². The molecule has 1 amide bonds. The average Bonchev–Trinajstić information content (AvgIpc) is 1.95. The van der Waals surface area contributed by atoms with Gasteiger partial charge in [-0.15, -0.1) is 0 Å². The smallest absolute Gasteiger partial charge is 0.223 e. The Morgan fingerprint density at radius 1 is 1.45 bits per heavy atom. The standard InChI is InChI=1S/C8H16N2O/c1-8(7(10)11)4-2-6(9)3-5-8/h6H,2-5,9H2,1H3,(H2,10,11)/t6-,8+. The predicted molar refractivity (Wildman–Crippen MR) is 43.7 cm³/mol. The molecular formula is C8H16N2O. The summed E-state index contributed by atoms with van der Waals surface area (Å²) < 4.78 is 0. The molecule has 11 heavy (non-hydrogen) atoms. The number of rotatable bonds is 1. The van der Waals surface area contributed by atoms with Crippen molar-refractivity contribution in [3.05, 3.63) is 0 Å². The fourth-order valence-corrected chi connectivity index (χ4v) is 1.52. The van der Waals surface area contributed by atoms with E-state index in [0.29, 0.717) is 0 Å². The van der Waals surface area contributed by atoms with Crippen LogP contribution in [0.4, 0.5) is 0 Å². The molecule has 3 heteroatoms. The minimum absolute atomic E-state index is 0.176. The summed E-state index contributed by atoms with van der Waals surface area (Å²) >= 11 is 0. The quantitative estimate of drug-likeness (QED) is 0.576. The molecule has 0 aromatic heterocycles. The van der Waals surface area contributed by atoms with Gasteiger partial charge in [0.1, 0.15) is 0 Å². The third-order valence-corrected chi connectivity index (χ3v) is 2.73. The SMILES string of the molecule is C[C@]1(C(N)=O)CC[C@@H](N)CC1. The van der Waals surface area contributed by atoms with Crippen LogP contribution < -0.4 is 11.5 Å². The molecule has 1 aliphatic rings. The van der Waals surface area contributed by atoms with Gasteiger partial charge in [-0.25, -0.2) is 0 Å². The lowest BCUT2D eigenvalue weighted by molar-refractivity contribution is -0.128. The number of carbonyl (C=O) groups is 1. The number of hydrogen-bond acceptors (Lipinski definition) is 2. The van der Waals surface area contributed by atoms with Crippen LogP contribution in [0.15, 0.2) is 0 Å². The van der Waals surface area contributed by atoms with E-state index in [9.17, 15) is 4.79 Å². The molecule has 1 rings (SSSR count). The molecule has 0 aromatic carbocycles. The summed E-state index contributed by atoms with van der Waals surface area (Å²) in [7, 11) is 0. The van der Waals surface area contributed by atoms with Crippen molar-refractivity contribution in [1.82, 2.24) is 0 Å². The van der Waals surface area contributed by atoms with Gasteiger partial charge in [0.2, 0.25) is 5.91 Å². The fourth-order valence-electron chi connectivity index (χ4n) is 1.52. The monoisotopic (exact) mass is 156 g/mol. The second-order valence-electron chi connectivity index (χ2n) is 3.76. The molecule has 1 saturated carbocycles. The molecule has 0 aromatic rings. The highest BCUT2D eigenvalue weighted by molar-refractivity contribution is 5.80. The first-order chi connectivity index (χ1) is 5.04. The molecule has 0 bridgehead atoms. The number of hydrogen-bond donors (Lipinski definition) is 2. The maximum Gasteiger partial charge on any atom is 0.223 e. The second kappa shape index (κ2) is 2.81. The van der Waals surface area contributed by atoms with Crippen molar-refractivity contribution >= 4 is 5.91 Å². The Morgan fingerprint density at radius 3 is 2.27 bits per heavy atom. The van der Waals surface area contributed by atoms with Crippen molar-refractivity contribution in [3.63, 3.8) is 0 Å². The zero-order chi connectivity index (χ0) is 8.48. The van der Waals surface area contributed by atoms with E-state index in [0.717, 1.165) is 25.7 Å². The zero-order valence-corrected chi connectivity index (χ0v) is 6.97. The van der Waals surface area contributed by atoms with E-state index in [1.807, 2.05) is 6.92 Å². The van der Waals surface area contributed by atoms with Crippen LogP contribution in [0, 0.1) is 5.41 Å². The Balaban J connectivity index is 2.55. The first-order valence-electron chi connectivity index (χ1n) is 4.10. The molecule has 4 N–H and O–H groups in total. The summed E-state index contributed by atoms with van der Waals surface area (Å²) in [6.45, 7) is 1.93. The Labute approximate surface area is 67.1 Å². The highest BCUT2D eigenvalue weighted by Gasteiger charge is 2.34. The average molecular weight is 156 g/mol. The van der Waals surface area contributed by atoms with Crippen LogP contribution in [0.5, 0.6) is 0 Å². The summed E-state index contributed by atoms with van der Waals surface area (Å²) in [4.78, 5) is 11.0. The Bertz CT molecular complexity index is 159. The maximum atomic E-state index is 11.0. The fraction of sp³-hybridized carbons (Fsp3) is 0.875. The molecule has 0 aliphatic heterocycles. The predicted octanol–water partition coefficient (Wildman–Crippen LogP) is 0.379. The molecule has 64 valence electrons. The van der Waals surface area contributed by atoms with Crippen LogP contribution in [-0.2, 0) is 4.79 Å². The van der Waals surface area contributed by atoms with E-state index >= 15 is 0 Å². The van der Waals surface area contributed by atoms with Gasteiger partial charge in [-0.2, -0.15) is 0 Å². The van der Waals surface area contributed by atoms with Gasteiger partial charge in [0.05, 0.1) is 0 Å². The van der Waals surface area contributed by atoms with E-state index in [2.05, 4.69) is 0 Å². The van der Waals surface area contributed by atoms with E-state index in [1.165, 1.54) is 0 Å². The summed E-state index contributed by atoms with van der Waals surface area (Å²) in [5.74, 6) is -0.176. The van der Waals surface area contributed by atoms with Crippen LogP contribution in [0.25, 0.3) is 0 Å². The largest absolute Gasteiger partial charge is 0.369 e. The lowest BCUT2D eigenvalue weighted by Crippen LogP contribution is -2.40. The zero-order valence-electron chi connectivity index (χ0n) is 6.97. The van der Waals surface area contributed by atoms with Crippen LogP contribution in [0.3, 0.4) is 0 Å². The summed E-state index contributed by atoms with van der Waals surface area (Å²) in [5.41, 5.74) is 10.7. The minimum atomic E-state index is -0.282. The van der Waals surface area contributed by atoms with Crippen molar-refractivity contribution in [2.75, 3.05) is 0 Å². The Hall–Kier alpha value is -0.570.